The van der Waals surface area contributed by atoms with E-state index < -0.39 is 0 Å². The van der Waals surface area contributed by atoms with E-state index in [0.717, 1.165) is 18.9 Å². The number of nitrogens with two attached hydrogens (primary N) is 1. The van der Waals surface area contributed by atoms with Crippen LogP contribution in [0.2, 0.25) is 0 Å². The van der Waals surface area contributed by atoms with Crippen molar-refractivity contribution in [3.05, 3.63) is 23.9 Å². The maximum atomic E-state index is 5.99. The predicted molar refractivity (Wildman–Crippen MR) is 67.5 cm³/mol. The molecule has 1 aliphatic rings. The molecule has 2 N–H and O–H groups in total. The highest BCUT2D eigenvalue weighted by molar-refractivity contribution is 5.48. The van der Waals surface area contributed by atoms with Gasteiger partial charge >= 0.3 is 0 Å². The van der Waals surface area contributed by atoms with Gasteiger partial charge in [-0.05, 0) is 25.8 Å². The Morgan fingerprint density at radius 3 is 2.56 bits per heavy atom. The van der Waals surface area contributed by atoms with Crippen LogP contribution in [-0.2, 0) is 0 Å². The van der Waals surface area contributed by atoms with Crippen molar-refractivity contribution in [2.75, 3.05) is 18.0 Å². The van der Waals surface area contributed by atoms with Crippen molar-refractivity contribution in [2.45, 2.75) is 38.6 Å². The monoisotopic (exact) mass is 219 g/mol. The van der Waals surface area contributed by atoms with E-state index in [1.54, 1.807) is 0 Å². The van der Waals surface area contributed by atoms with Gasteiger partial charge in [0.15, 0.2) is 0 Å². The zero-order valence-corrected chi connectivity index (χ0v) is 10.0. The molecule has 0 radical (unpaired) electrons. The van der Waals surface area contributed by atoms with Crippen molar-refractivity contribution < 1.29 is 0 Å². The van der Waals surface area contributed by atoms with Gasteiger partial charge < -0.3 is 10.6 Å². The van der Waals surface area contributed by atoms with E-state index >= 15 is 0 Å². The van der Waals surface area contributed by atoms with Gasteiger partial charge in [0.05, 0.1) is 0 Å². The first-order valence-electron chi connectivity index (χ1n) is 6.24. The third-order valence-corrected chi connectivity index (χ3v) is 3.21. The molecular formula is C13H21N3. The minimum absolute atomic E-state index is 0.0620. The number of nitrogens with zero attached hydrogens (tertiary/aromatic N) is 2. The van der Waals surface area contributed by atoms with Gasteiger partial charge in [0.25, 0.3) is 0 Å². The Morgan fingerprint density at radius 2 is 1.94 bits per heavy atom. The van der Waals surface area contributed by atoms with Gasteiger partial charge in [0.1, 0.15) is 5.82 Å². The molecule has 16 heavy (non-hydrogen) atoms. The number of hydrogen-bond acceptors (Lipinski definition) is 3. The van der Waals surface area contributed by atoms with Gasteiger partial charge in [-0.3, -0.25) is 0 Å². The smallest absolute Gasteiger partial charge is 0.133 e. The highest BCUT2D eigenvalue weighted by atomic mass is 15.2. The average Bonchev–Trinajstić information content (AvgIpc) is 2.57. The molecule has 1 aliphatic heterocycles. The molecule has 2 heterocycles. The topological polar surface area (TPSA) is 42.1 Å². The first-order chi connectivity index (χ1) is 7.79. The maximum Gasteiger partial charge on any atom is 0.133 e. The summed E-state index contributed by atoms with van der Waals surface area (Å²) < 4.78 is 0. The standard InChI is InChI=1S/C13H21N3/c1-11(14)12-7-6-8-15-13(12)16-9-4-2-3-5-10-16/h6-8,11H,2-5,9-10,14H2,1H3. The van der Waals surface area contributed by atoms with E-state index in [1.165, 1.54) is 31.2 Å². The summed E-state index contributed by atoms with van der Waals surface area (Å²) in [5.74, 6) is 1.10. The number of aromatic nitrogens is 1. The Morgan fingerprint density at radius 1 is 1.25 bits per heavy atom. The Bertz CT molecular complexity index is 328. The summed E-state index contributed by atoms with van der Waals surface area (Å²) in [7, 11) is 0. The highest BCUT2D eigenvalue weighted by Crippen LogP contribution is 2.24. The summed E-state index contributed by atoms with van der Waals surface area (Å²) in [6.07, 6.45) is 7.10. The second kappa shape index (κ2) is 5.30. The quantitative estimate of drug-likeness (QED) is 0.831. The van der Waals surface area contributed by atoms with Gasteiger partial charge in [-0.1, -0.05) is 18.9 Å². The second-order valence-corrected chi connectivity index (χ2v) is 4.61. The van der Waals surface area contributed by atoms with Gasteiger partial charge in [0, 0.05) is 30.9 Å². The molecule has 0 saturated carbocycles. The van der Waals surface area contributed by atoms with Crippen LogP contribution in [0.15, 0.2) is 18.3 Å². The lowest BCUT2D eigenvalue weighted by Gasteiger charge is -2.25. The summed E-state index contributed by atoms with van der Waals surface area (Å²) in [5.41, 5.74) is 7.16. The normalized spacial score (nSPS) is 19.2. The van der Waals surface area contributed by atoms with Crippen molar-refractivity contribution in [3.8, 4) is 0 Å². The van der Waals surface area contributed by atoms with Crippen LogP contribution >= 0.6 is 0 Å². The van der Waals surface area contributed by atoms with Gasteiger partial charge in [-0.2, -0.15) is 0 Å². The molecule has 3 heteroatoms. The molecule has 88 valence electrons. The van der Waals surface area contributed by atoms with Crippen LogP contribution in [0.1, 0.15) is 44.2 Å². The van der Waals surface area contributed by atoms with Crippen LogP contribution < -0.4 is 10.6 Å². The Kier molecular flexibility index (Phi) is 3.78. The minimum Gasteiger partial charge on any atom is -0.356 e. The molecule has 0 amide bonds. The third kappa shape index (κ3) is 2.53. The molecule has 1 saturated heterocycles. The van der Waals surface area contributed by atoms with Crippen molar-refractivity contribution in [2.24, 2.45) is 5.73 Å². The maximum absolute atomic E-state index is 5.99. The molecule has 0 aliphatic carbocycles. The van der Waals surface area contributed by atoms with E-state index in [0.29, 0.717) is 0 Å². The van der Waals surface area contributed by atoms with Gasteiger partial charge in [-0.25, -0.2) is 4.98 Å². The van der Waals surface area contributed by atoms with Crippen molar-refractivity contribution >= 4 is 5.82 Å². The van der Waals surface area contributed by atoms with Crippen molar-refractivity contribution in [3.63, 3.8) is 0 Å². The van der Waals surface area contributed by atoms with Crippen LogP contribution in [0, 0.1) is 0 Å². The van der Waals surface area contributed by atoms with E-state index in [1.807, 2.05) is 19.2 Å². The molecule has 1 fully saturated rings. The molecule has 1 aromatic heterocycles. The lowest BCUT2D eigenvalue weighted by atomic mass is 10.1. The summed E-state index contributed by atoms with van der Waals surface area (Å²) in [6, 6.07) is 4.13. The minimum atomic E-state index is 0.0620. The van der Waals surface area contributed by atoms with Crippen LogP contribution in [0.5, 0.6) is 0 Å². The van der Waals surface area contributed by atoms with E-state index in [4.69, 9.17) is 5.73 Å². The second-order valence-electron chi connectivity index (χ2n) is 4.61. The lowest BCUT2D eigenvalue weighted by Crippen LogP contribution is -2.27. The van der Waals surface area contributed by atoms with E-state index in [9.17, 15) is 0 Å². The fourth-order valence-electron chi connectivity index (χ4n) is 2.31. The molecular weight excluding hydrogens is 198 g/mol. The van der Waals surface area contributed by atoms with Gasteiger partial charge in [-0.15, -0.1) is 0 Å². The zero-order valence-electron chi connectivity index (χ0n) is 10.0. The third-order valence-electron chi connectivity index (χ3n) is 3.21. The molecule has 2 rings (SSSR count). The van der Waals surface area contributed by atoms with Crippen molar-refractivity contribution in [1.82, 2.24) is 4.98 Å². The molecule has 0 aromatic carbocycles. The molecule has 0 spiro atoms. The molecule has 1 atom stereocenters. The van der Waals surface area contributed by atoms with Crippen LogP contribution in [0.3, 0.4) is 0 Å². The highest BCUT2D eigenvalue weighted by Gasteiger charge is 2.15. The molecule has 1 unspecified atom stereocenters. The zero-order chi connectivity index (χ0) is 11.4. The Hall–Kier alpha value is -1.09. The first kappa shape index (κ1) is 11.4. The van der Waals surface area contributed by atoms with E-state index in [-0.39, 0.29) is 6.04 Å². The van der Waals surface area contributed by atoms with Gasteiger partial charge in [0.2, 0.25) is 0 Å². The largest absolute Gasteiger partial charge is 0.356 e. The first-order valence-corrected chi connectivity index (χ1v) is 6.24. The molecule has 0 bridgehead atoms. The summed E-state index contributed by atoms with van der Waals surface area (Å²) in [4.78, 5) is 6.91. The summed E-state index contributed by atoms with van der Waals surface area (Å²) in [6.45, 7) is 4.27. The molecule has 3 nitrogen and oxygen atoms in total. The Balaban J connectivity index is 2.23. The lowest BCUT2D eigenvalue weighted by molar-refractivity contribution is 0.726. The Labute approximate surface area is 97.7 Å². The molecule has 1 aromatic rings. The number of hydrogen-bond donors (Lipinski definition) is 1. The van der Waals surface area contributed by atoms with E-state index in [2.05, 4.69) is 16.0 Å². The summed E-state index contributed by atoms with van der Waals surface area (Å²) in [5, 5.41) is 0. The fraction of sp³-hybridized carbons (Fsp3) is 0.615. The number of anilines is 1. The number of pyridine rings is 1. The average molecular weight is 219 g/mol. The predicted octanol–water partition coefficient (Wildman–Crippen LogP) is 2.48. The van der Waals surface area contributed by atoms with Crippen LogP contribution in [0.25, 0.3) is 0 Å². The number of rotatable bonds is 2. The fourth-order valence-corrected chi connectivity index (χ4v) is 2.31. The SMILES string of the molecule is CC(N)c1cccnc1N1CCCCCC1. The van der Waals surface area contributed by atoms with Crippen LogP contribution in [-0.4, -0.2) is 18.1 Å². The summed E-state index contributed by atoms with van der Waals surface area (Å²) >= 11 is 0. The van der Waals surface area contributed by atoms with Crippen molar-refractivity contribution in [1.29, 1.82) is 0 Å². The van der Waals surface area contributed by atoms with Crippen LogP contribution in [0.4, 0.5) is 5.82 Å².